The summed E-state index contributed by atoms with van der Waals surface area (Å²) in [5.41, 5.74) is 3.34. The number of thioether (sulfide) groups is 1. The number of aromatic amines is 1. The van der Waals surface area contributed by atoms with E-state index < -0.39 is 0 Å². The normalized spacial score (nSPS) is 16.1. The first-order chi connectivity index (χ1) is 16.6. The number of nitrogens with zero attached hydrogens (tertiary/aromatic N) is 3. The summed E-state index contributed by atoms with van der Waals surface area (Å²) in [5, 5.41) is 0.593. The molecule has 5 rings (SSSR count). The van der Waals surface area contributed by atoms with Crippen LogP contribution in [0.5, 0.6) is 11.5 Å². The first-order valence-electron chi connectivity index (χ1n) is 10.7. The highest BCUT2D eigenvalue weighted by atomic mass is 32.2. The van der Waals surface area contributed by atoms with Crippen LogP contribution in [0.1, 0.15) is 11.4 Å². The van der Waals surface area contributed by atoms with E-state index in [2.05, 4.69) is 9.97 Å². The average molecular weight is 471 g/mol. The maximum absolute atomic E-state index is 13.5. The standard InChI is InChI=1S/C26H22N4O3S/c1-32-19-13-12-17(22(15-19)33-2)14-23-25(31)30(26(34-23)27-18-8-4-3-5-9-18)16-24-28-20-10-6-7-11-21(20)29-24/h3-15H,16H2,1-2H3,(H,28,29)/b23-14+,27-26?. The molecule has 2 heterocycles. The number of H-pyrrole nitrogens is 1. The summed E-state index contributed by atoms with van der Waals surface area (Å²) in [4.78, 5) is 28.4. The van der Waals surface area contributed by atoms with Crippen molar-refractivity contribution < 1.29 is 14.3 Å². The third kappa shape index (κ3) is 4.40. The molecule has 8 heteroatoms. The molecule has 1 fully saturated rings. The maximum Gasteiger partial charge on any atom is 0.267 e. The van der Waals surface area contributed by atoms with Crippen molar-refractivity contribution >= 4 is 45.6 Å². The third-order valence-corrected chi connectivity index (χ3v) is 6.35. The molecule has 0 aliphatic carbocycles. The Morgan fingerprint density at radius 1 is 1.03 bits per heavy atom. The summed E-state index contributed by atoms with van der Waals surface area (Å²) >= 11 is 1.33. The van der Waals surface area contributed by atoms with Crippen molar-refractivity contribution in [3.05, 3.63) is 89.1 Å². The number of para-hydroxylation sites is 3. The molecule has 0 spiro atoms. The van der Waals surface area contributed by atoms with Gasteiger partial charge in [-0.25, -0.2) is 9.98 Å². The number of amides is 1. The largest absolute Gasteiger partial charge is 0.497 e. The molecular weight excluding hydrogens is 448 g/mol. The molecule has 0 unspecified atom stereocenters. The summed E-state index contributed by atoms with van der Waals surface area (Å²) in [7, 11) is 3.20. The Bertz CT molecular complexity index is 1380. The Morgan fingerprint density at radius 2 is 1.82 bits per heavy atom. The van der Waals surface area contributed by atoms with Gasteiger partial charge < -0.3 is 14.5 Å². The molecule has 1 aromatic heterocycles. The van der Waals surface area contributed by atoms with Crippen LogP contribution in [-0.2, 0) is 11.3 Å². The second-order valence-electron chi connectivity index (χ2n) is 7.54. The van der Waals surface area contributed by atoms with Crippen LogP contribution in [0.15, 0.2) is 82.7 Å². The molecule has 170 valence electrons. The van der Waals surface area contributed by atoms with Crippen LogP contribution >= 0.6 is 11.8 Å². The Labute approximate surface area is 201 Å². The Morgan fingerprint density at radius 3 is 2.59 bits per heavy atom. The van der Waals surface area contributed by atoms with Crippen LogP contribution in [0, 0.1) is 0 Å². The molecular formula is C26H22N4O3S. The number of aromatic nitrogens is 2. The quantitative estimate of drug-likeness (QED) is 0.383. The Hall–Kier alpha value is -4.04. The fourth-order valence-electron chi connectivity index (χ4n) is 3.65. The minimum atomic E-state index is -0.141. The Balaban J connectivity index is 1.52. The second-order valence-corrected chi connectivity index (χ2v) is 8.55. The van der Waals surface area contributed by atoms with E-state index in [4.69, 9.17) is 14.5 Å². The van der Waals surface area contributed by atoms with Crippen LogP contribution in [-0.4, -0.2) is 40.2 Å². The number of rotatable bonds is 6. The first kappa shape index (κ1) is 21.8. The van der Waals surface area contributed by atoms with E-state index in [0.29, 0.717) is 27.4 Å². The molecule has 3 aromatic carbocycles. The van der Waals surface area contributed by atoms with Crippen LogP contribution in [0.4, 0.5) is 5.69 Å². The number of amidine groups is 1. The zero-order valence-electron chi connectivity index (χ0n) is 18.7. The molecule has 1 aliphatic rings. The minimum absolute atomic E-state index is 0.141. The van der Waals surface area contributed by atoms with Crippen LogP contribution in [0.3, 0.4) is 0 Å². The summed E-state index contributed by atoms with van der Waals surface area (Å²) in [6.45, 7) is 0.281. The third-order valence-electron chi connectivity index (χ3n) is 5.34. The lowest BCUT2D eigenvalue weighted by atomic mass is 10.1. The van der Waals surface area contributed by atoms with Gasteiger partial charge in [0.15, 0.2) is 5.17 Å². The van der Waals surface area contributed by atoms with Crippen molar-refractivity contribution in [1.29, 1.82) is 0 Å². The van der Waals surface area contributed by atoms with Crippen LogP contribution in [0.25, 0.3) is 17.1 Å². The van der Waals surface area contributed by atoms with Crippen LogP contribution < -0.4 is 9.47 Å². The maximum atomic E-state index is 13.5. The fraction of sp³-hybridized carbons (Fsp3) is 0.115. The van der Waals surface area contributed by atoms with E-state index in [1.54, 1.807) is 25.2 Å². The SMILES string of the molecule is COc1ccc(/C=C2/SC(=Nc3ccccc3)N(Cc3nc4ccccc4[nH]3)C2=O)c(OC)c1. The van der Waals surface area contributed by atoms with Gasteiger partial charge in [0, 0.05) is 11.6 Å². The molecule has 4 aromatic rings. The number of carbonyl (C=O) groups excluding carboxylic acids is 1. The number of carbonyl (C=O) groups is 1. The molecule has 0 bridgehead atoms. The number of hydrogen-bond acceptors (Lipinski definition) is 6. The molecule has 0 saturated carbocycles. The predicted octanol–water partition coefficient (Wildman–Crippen LogP) is 5.38. The summed E-state index contributed by atoms with van der Waals surface area (Å²) in [5.74, 6) is 1.86. The summed E-state index contributed by atoms with van der Waals surface area (Å²) in [6, 6.07) is 22.9. The number of aliphatic imine (C=N–C) groups is 1. The molecule has 1 aliphatic heterocycles. The van der Waals surface area contributed by atoms with E-state index >= 15 is 0 Å². The number of fused-ring (bicyclic) bond motifs is 1. The van der Waals surface area contributed by atoms with Gasteiger partial charge >= 0.3 is 0 Å². The molecule has 0 radical (unpaired) electrons. The van der Waals surface area contributed by atoms with Gasteiger partial charge in [-0.3, -0.25) is 9.69 Å². The smallest absolute Gasteiger partial charge is 0.267 e. The van der Waals surface area contributed by atoms with Gasteiger partial charge in [0.1, 0.15) is 17.3 Å². The summed E-state index contributed by atoms with van der Waals surface area (Å²) in [6.07, 6.45) is 1.82. The zero-order chi connectivity index (χ0) is 23.5. The lowest BCUT2D eigenvalue weighted by molar-refractivity contribution is -0.122. The van der Waals surface area contributed by atoms with E-state index in [9.17, 15) is 4.79 Å². The highest BCUT2D eigenvalue weighted by Crippen LogP contribution is 2.37. The van der Waals surface area contributed by atoms with Gasteiger partial charge in [-0.15, -0.1) is 0 Å². The van der Waals surface area contributed by atoms with Crippen LogP contribution in [0.2, 0.25) is 0 Å². The molecule has 0 atom stereocenters. The molecule has 7 nitrogen and oxygen atoms in total. The monoisotopic (exact) mass is 470 g/mol. The zero-order valence-corrected chi connectivity index (χ0v) is 19.5. The molecule has 34 heavy (non-hydrogen) atoms. The van der Waals surface area contributed by atoms with Gasteiger partial charge in [-0.1, -0.05) is 30.3 Å². The van der Waals surface area contributed by atoms with Crippen molar-refractivity contribution in [3.63, 3.8) is 0 Å². The number of hydrogen-bond donors (Lipinski definition) is 1. The highest BCUT2D eigenvalue weighted by Gasteiger charge is 2.34. The van der Waals surface area contributed by atoms with Gasteiger partial charge in [-0.05, 0) is 54.2 Å². The van der Waals surface area contributed by atoms with E-state index in [1.165, 1.54) is 11.8 Å². The van der Waals surface area contributed by atoms with E-state index in [-0.39, 0.29) is 12.5 Å². The lowest BCUT2D eigenvalue weighted by Crippen LogP contribution is -2.29. The first-order valence-corrected chi connectivity index (χ1v) is 11.5. The summed E-state index contributed by atoms with van der Waals surface area (Å²) < 4.78 is 10.8. The topological polar surface area (TPSA) is 79.8 Å². The van der Waals surface area contributed by atoms with Crippen molar-refractivity contribution in [2.45, 2.75) is 6.54 Å². The van der Waals surface area contributed by atoms with Crippen molar-refractivity contribution in [2.75, 3.05) is 14.2 Å². The number of benzene rings is 3. The van der Waals surface area contributed by atoms with Gasteiger partial charge in [-0.2, -0.15) is 0 Å². The van der Waals surface area contributed by atoms with Gasteiger partial charge in [0.05, 0.1) is 42.4 Å². The van der Waals surface area contributed by atoms with Crippen molar-refractivity contribution in [1.82, 2.24) is 14.9 Å². The molecule has 1 amide bonds. The van der Waals surface area contributed by atoms with Crippen molar-refractivity contribution in [3.8, 4) is 11.5 Å². The predicted molar refractivity (Wildman–Crippen MR) is 135 cm³/mol. The number of ether oxygens (including phenoxy) is 2. The van der Waals surface area contributed by atoms with Gasteiger partial charge in [0.25, 0.3) is 5.91 Å². The minimum Gasteiger partial charge on any atom is -0.497 e. The highest BCUT2D eigenvalue weighted by molar-refractivity contribution is 8.18. The van der Waals surface area contributed by atoms with Crippen molar-refractivity contribution in [2.24, 2.45) is 4.99 Å². The van der Waals surface area contributed by atoms with E-state index in [1.807, 2.05) is 72.8 Å². The molecule has 1 N–H and O–H groups in total. The second kappa shape index (κ2) is 9.44. The molecule has 1 saturated heterocycles. The Kier molecular flexibility index (Phi) is 6.05. The fourth-order valence-corrected chi connectivity index (χ4v) is 4.64. The number of imidazole rings is 1. The average Bonchev–Trinajstić information content (AvgIpc) is 3.41. The number of methoxy groups -OCH3 is 2. The van der Waals surface area contributed by atoms with E-state index in [0.717, 1.165) is 22.3 Å². The number of nitrogens with one attached hydrogen (secondary N) is 1. The van der Waals surface area contributed by atoms with Gasteiger partial charge in [0.2, 0.25) is 0 Å². The lowest BCUT2D eigenvalue weighted by Gasteiger charge is -2.14.